The third-order valence-electron chi connectivity index (χ3n) is 6.42. The predicted molar refractivity (Wildman–Crippen MR) is 132 cm³/mol. The van der Waals surface area contributed by atoms with Crippen LogP contribution in [0.4, 0.5) is 4.39 Å². The van der Waals surface area contributed by atoms with Crippen molar-refractivity contribution in [3.05, 3.63) is 65.6 Å². The number of hydrogen-bond donors (Lipinski definition) is 2. The summed E-state index contributed by atoms with van der Waals surface area (Å²) in [5.74, 6) is -0.907. The maximum atomic E-state index is 14.8. The van der Waals surface area contributed by atoms with Gasteiger partial charge in [-0.25, -0.2) is 4.39 Å². The van der Waals surface area contributed by atoms with Crippen LogP contribution in [0, 0.1) is 17.2 Å². The molecule has 2 aromatic carbocycles. The Bertz CT molecular complexity index is 1180. The van der Waals surface area contributed by atoms with Crippen molar-refractivity contribution < 1.29 is 18.7 Å². The molecule has 1 atom stereocenters. The minimum atomic E-state index is -0.803. The number of halogens is 1. The molecule has 8 heteroatoms. The Morgan fingerprint density at radius 2 is 1.83 bits per heavy atom. The predicted octanol–water partition coefficient (Wildman–Crippen LogP) is 4.06. The van der Waals surface area contributed by atoms with Gasteiger partial charge in [-0.05, 0) is 35.8 Å². The highest BCUT2D eigenvalue weighted by Gasteiger charge is 2.34. The van der Waals surface area contributed by atoms with Crippen LogP contribution in [0.3, 0.4) is 0 Å². The molecule has 0 unspecified atom stereocenters. The number of carbonyl (C=O) groups is 2. The second-order valence-corrected chi connectivity index (χ2v) is 10.2. The number of amides is 2. The van der Waals surface area contributed by atoms with Crippen molar-refractivity contribution >= 4 is 22.7 Å². The van der Waals surface area contributed by atoms with E-state index in [2.05, 4.69) is 15.7 Å². The summed E-state index contributed by atoms with van der Waals surface area (Å²) in [6, 6.07) is 13.4. The second kappa shape index (κ2) is 10.6. The molecule has 1 aliphatic rings. The van der Waals surface area contributed by atoms with Gasteiger partial charge in [0.05, 0.1) is 0 Å². The van der Waals surface area contributed by atoms with E-state index in [0.29, 0.717) is 43.1 Å². The van der Waals surface area contributed by atoms with Gasteiger partial charge in [0.2, 0.25) is 5.91 Å². The normalized spacial score (nSPS) is 15.7. The van der Waals surface area contributed by atoms with Crippen LogP contribution in [0.1, 0.15) is 49.7 Å². The number of nitrogens with zero attached hydrogens (tertiary/aromatic N) is 2. The maximum Gasteiger partial charge on any atom is 0.273 e. The minimum absolute atomic E-state index is 0.122. The highest BCUT2D eigenvalue weighted by Crippen LogP contribution is 2.26. The number of ether oxygens (including phenoxy) is 1. The summed E-state index contributed by atoms with van der Waals surface area (Å²) in [6.07, 6.45) is 1.73. The average molecular weight is 481 g/mol. The molecule has 1 fully saturated rings. The topological polar surface area (TPSA) is 85.2 Å². The molecule has 0 radical (unpaired) electrons. The molecule has 1 aliphatic heterocycles. The van der Waals surface area contributed by atoms with Crippen LogP contribution in [0.25, 0.3) is 10.9 Å². The molecule has 3 aromatic rings. The summed E-state index contributed by atoms with van der Waals surface area (Å²) in [5, 5.41) is 10.7. The highest BCUT2D eigenvalue weighted by atomic mass is 19.1. The Hall–Kier alpha value is -3.26. The SMILES string of the molecule is CC(C)(C)[C@H](NC(=O)c1nn(CC2CCOCC2)c2c(F)cccc12)C(=O)NCc1ccccc1. The fourth-order valence-electron chi connectivity index (χ4n) is 4.43. The molecule has 0 aliphatic carbocycles. The molecule has 2 amide bonds. The summed E-state index contributed by atoms with van der Waals surface area (Å²) >= 11 is 0. The number of aromatic nitrogens is 2. The van der Waals surface area contributed by atoms with Crippen molar-refractivity contribution in [1.29, 1.82) is 0 Å². The van der Waals surface area contributed by atoms with Gasteiger partial charge in [-0.15, -0.1) is 0 Å². The number of nitrogens with one attached hydrogen (secondary N) is 2. The van der Waals surface area contributed by atoms with Gasteiger partial charge in [0.1, 0.15) is 17.4 Å². The van der Waals surface area contributed by atoms with E-state index in [-0.39, 0.29) is 11.6 Å². The molecule has 0 saturated carbocycles. The number of carbonyl (C=O) groups excluding carboxylic acids is 2. The van der Waals surface area contributed by atoms with Crippen molar-refractivity contribution in [2.24, 2.45) is 11.3 Å². The van der Waals surface area contributed by atoms with Crippen LogP contribution in [-0.2, 0) is 22.6 Å². The lowest BCUT2D eigenvalue weighted by Crippen LogP contribution is -2.53. The van der Waals surface area contributed by atoms with Crippen LogP contribution in [0.5, 0.6) is 0 Å². The number of fused-ring (bicyclic) bond motifs is 1. The summed E-state index contributed by atoms with van der Waals surface area (Å²) < 4.78 is 21.9. The largest absolute Gasteiger partial charge is 0.381 e. The quantitative estimate of drug-likeness (QED) is 0.534. The molecule has 35 heavy (non-hydrogen) atoms. The van der Waals surface area contributed by atoms with Crippen molar-refractivity contribution in [1.82, 2.24) is 20.4 Å². The first-order chi connectivity index (χ1) is 16.7. The van der Waals surface area contributed by atoms with Gasteiger partial charge in [0.25, 0.3) is 5.91 Å². The lowest BCUT2D eigenvalue weighted by atomic mass is 9.86. The van der Waals surface area contributed by atoms with E-state index in [1.807, 2.05) is 51.1 Å². The first kappa shape index (κ1) is 24.9. The lowest BCUT2D eigenvalue weighted by Gasteiger charge is -2.30. The van der Waals surface area contributed by atoms with Crippen molar-refractivity contribution in [2.45, 2.75) is 52.7 Å². The van der Waals surface area contributed by atoms with Crippen LogP contribution in [-0.4, -0.2) is 40.9 Å². The van der Waals surface area contributed by atoms with Gasteiger partial charge in [-0.2, -0.15) is 5.10 Å². The van der Waals surface area contributed by atoms with Gasteiger partial charge in [0.15, 0.2) is 5.69 Å². The van der Waals surface area contributed by atoms with E-state index in [9.17, 15) is 14.0 Å². The third-order valence-corrected chi connectivity index (χ3v) is 6.42. The van der Waals surface area contributed by atoms with E-state index in [0.717, 1.165) is 18.4 Å². The Morgan fingerprint density at radius 1 is 1.11 bits per heavy atom. The Labute approximate surface area is 205 Å². The van der Waals surface area contributed by atoms with Crippen LogP contribution in [0.2, 0.25) is 0 Å². The van der Waals surface area contributed by atoms with Gasteiger partial charge >= 0.3 is 0 Å². The summed E-state index contributed by atoms with van der Waals surface area (Å²) in [6.45, 7) is 7.88. The molecule has 2 heterocycles. The molecule has 186 valence electrons. The minimum Gasteiger partial charge on any atom is -0.381 e. The van der Waals surface area contributed by atoms with Crippen LogP contribution >= 0.6 is 0 Å². The number of hydrogen-bond acceptors (Lipinski definition) is 4. The van der Waals surface area contributed by atoms with Crippen molar-refractivity contribution in [3.8, 4) is 0 Å². The van der Waals surface area contributed by atoms with E-state index < -0.39 is 23.2 Å². The number of para-hydroxylation sites is 1. The van der Waals surface area contributed by atoms with Gasteiger partial charge < -0.3 is 15.4 Å². The zero-order valence-corrected chi connectivity index (χ0v) is 20.5. The first-order valence-corrected chi connectivity index (χ1v) is 12.1. The molecule has 0 bridgehead atoms. The van der Waals surface area contributed by atoms with Crippen molar-refractivity contribution in [3.63, 3.8) is 0 Å². The Morgan fingerprint density at radius 3 is 2.51 bits per heavy atom. The van der Waals surface area contributed by atoms with E-state index in [1.165, 1.54) is 6.07 Å². The molecule has 0 spiro atoms. The molecule has 2 N–H and O–H groups in total. The molecular weight excluding hydrogens is 447 g/mol. The molecular formula is C27H33FN4O3. The van der Waals surface area contributed by atoms with Gasteiger partial charge in [-0.3, -0.25) is 14.3 Å². The van der Waals surface area contributed by atoms with E-state index >= 15 is 0 Å². The zero-order chi connectivity index (χ0) is 25.0. The third kappa shape index (κ3) is 5.88. The average Bonchev–Trinajstić information content (AvgIpc) is 3.21. The molecule has 7 nitrogen and oxygen atoms in total. The van der Waals surface area contributed by atoms with Gasteiger partial charge in [-0.1, -0.05) is 63.2 Å². The molecule has 4 rings (SSSR count). The van der Waals surface area contributed by atoms with E-state index in [4.69, 9.17) is 4.74 Å². The smallest absolute Gasteiger partial charge is 0.273 e. The van der Waals surface area contributed by atoms with Crippen molar-refractivity contribution in [2.75, 3.05) is 13.2 Å². The number of rotatable bonds is 7. The second-order valence-electron chi connectivity index (χ2n) is 10.2. The number of benzene rings is 2. The lowest BCUT2D eigenvalue weighted by molar-refractivity contribution is -0.125. The monoisotopic (exact) mass is 480 g/mol. The Balaban J connectivity index is 1.56. The maximum absolute atomic E-state index is 14.8. The van der Waals surface area contributed by atoms with Crippen LogP contribution in [0.15, 0.2) is 48.5 Å². The summed E-state index contributed by atoms with van der Waals surface area (Å²) in [7, 11) is 0. The zero-order valence-electron chi connectivity index (χ0n) is 20.5. The fourth-order valence-corrected chi connectivity index (χ4v) is 4.43. The molecule has 1 saturated heterocycles. The Kier molecular flexibility index (Phi) is 7.50. The summed E-state index contributed by atoms with van der Waals surface area (Å²) in [5.41, 5.74) is 0.845. The fraction of sp³-hybridized carbons (Fsp3) is 0.444. The van der Waals surface area contributed by atoms with Gasteiger partial charge in [0, 0.05) is 31.7 Å². The first-order valence-electron chi connectivity index (χ1n) is 12.1. The van der Waals surface area contributed by atoms with E-state index in [1.54, 1.807) is 16.8 Å². The summed E-state index contributed by atoms with van der Waals surface area (Å²) in [4.78, 5) is 26.5. The standard InChI is InChI=1S/C27H33FN4O3/c1-27(2,3)24(26(34)29-16-18-8-5-4-6-9-18)30-25(33)22-20-10-7-11-21(28)23(20)32(31-22)17-19-12-14-35-15-13-19/h4-11,19,24H,12-17H2,1-3H3,(H,29,34)(H,30,33)/t24-/m1/s1. The van der Waals surface area contributed by atoms with Crippen LogP contribution < -0.4 is 10.6 Å². The molecule has 1 aromatic heterocycles. The highest BCUT2D eigenvalue weighted by molar-refractivity contribution is 6.06.